The van der Waals surface area contributed by atoms with Gasteiger partial charge in [0.25, 0.3) is 0 Å². The molecule has 3 nitrogen and oxygen atoms in total. The summed E-state index contributed by atoms with van der Waals surface area (Å²) < 4.78 is 12.9. The van der Waals surface area contributed by atoms with Gasteiger partial charge in [0.05, 0.1) is 0 Å². The van der Waals surface area contributed by atoms with E-state index in [1.165, 1.54) is 5.56 Å². The molecule has 0 aromatic heterocycles. The molecule has 1 aromatic carbocycles. The van der Waals surface area contributed by atoms with Crippen LogP contribution in [0.1, 0.15) is 5.56 Å². The molecule has 0 saturated carbocycles. The Kier molecular flexibility index (Phi) is 3.33. The maximum absolute atomic E-state index is 12.9. The average Bonchev–Trinajstić information content (AvgIpc) is 2.33. The van der Waals surface area contributed by atoms with E-state index in [0.717, 1.165) is 32.7 Å². The zero-order chi connectivity index (χ0) is 12.5. The summed E-state index contributed by atoms with van der Waals surface area (Å²) in [4.78, 5) is 4.99. The maximum atomic E-state index is 12.9. The predicted octanol–water partition coefficient (Wildman–Crippen LogP) is 0.913. The molecule has 3 rings (SSSR count). The van der Waals surface area contributed by atoms with E-state index in [9.17, 15) is 4.39 Å². The minimum absolute atomic E-state index is 0.154. The first-order valence-electron chi connectivity index (χ1n) is 6.62. The Morgan fingerprint density at radius 2 is 1.78 bits per heavy atom. The monoisotopic (exact) mass is 249 g/mol. The van der Waals surface area contributed by atoms with E-state index < -0.39 is 0 Å². The number of nitrogens with zero attached hydrogens (tertiary/aromatic N) is 2. The van der Waals surface area contributed by atoms with Crippen LogP contribution in [0.2, 0.25) is 0 Å². The number of halogens is 1. The van der Waals surface area contributed by atoms with Gasteiger partial charge >= 0.3 is 0 Å². The number of hydrogen-bond donors (Lipinski definition) is 1. The summed E-state index contributed by atoms with van der Waals surface area (Å²) in [5.41, 5.74) is 1.21. The van der Waals surface area contributed by atoms with Crippen molar-refractivity contribution >= 4 is 0 Å². The summed E-state index contributed by atoms with van der Waals surface area (Å²) in [5, 5.41) is 3.50. The topological polar surface area (TPSA) is 18.5 Å². The molecule has 0 amide bonds. The van der Waals surface area contributed by atoms with E-state index in [0.29, 0.717) is 12.1 Å². The van der Waals surface area contributed by atoms with E-state index in [-0.39, 0.29) is 5.82 Å². The standard InChI is InChI=1S/C14H20FN3/c1-17-9-13-6-16-7-14(10-17)18(13)8-11-2-4-12(15)5-3-11/h2-5,13-14,16H,6-10H2,1H3. The van der Waals surface area contributed by atoms with Crippen LogP contribution >= 0.6 is 0 Å². The van der Waals surface area contributed by atoms with Gasteiger partial charge in [-0.1, -0.05) is 12.1 Å². The normalized spacial score (nSPS) is 29.4. The van der Waals surface area contributed by atoms with Crippen LogP contribution in [0.4, 0.5) is 4.39 Å². The lowest BCUT2D eigenvalue weighted by atomic mass is 10.0. The van der Waals surface area contributed by atoms with Crippen molar-refractivity contribution in [2.45, 2.75) is 18.6 Å². The molecule has 4 heteroatoms. The van der Waals surface area contributed by atoms with Gasteiger partial charge < -0.3 is 10.2 Å². The van der Waals surface area contributed by atoms with E-state index >= 15 is 0 Å². The molecule has 2 unspecified atom stereocenters. The second kappa shape index (κ2) is 4.96. The molecule has 2 heterocycles. The molecule has 2 bridgehead atoms. The van der Waals surface area contributed by atoms with Crippen LogP contribution in [0.5, 0.6) is 0 Å². The minimum atomic E-state index is -0.154. The molecule has 2 atom stereocenters. The second-order valence-corrected chi connectivity index (χ2v) is 5.49. The third kappa shape index (κ3) is 2.41. The molecule has 2 aliphatic rings. The zero-order valence-corrected chi connectivity index (χ0v) is 10.8. The highest BCUT2D eigenvalue weighted by molar-refractivity contribution is 5.16. The van der Waals surface area contributed by atoms with Gasteiger partial charge in [0.15, 0.2) is 0 Å². The van der Waals surface area contributed by atoms with Crippen LogP contribution in [0.3, 0.4) is 0 Å². The highest BCUT2D eigenvalue weighted by atomic mass is 19.1. The van der Waals surface area contributed by atoms with Gasteiger partial charge in [-0.25, -0.2) is 4.39 Å². The van der Waals surface area contributed by atoms with Crippen molar-refractivity contribution in [2.75, 3.05) is 33.2 Å². The number of likely N-dealkylation sites (N-methyl/N-ethyl adjacent to an activating group) is 1. The predicted molar refractivity (Wildman–Crippen MR) is 69.9 cm³/mol. The van der Waals surface area contributed by atoms with E-state index in [2.05, 4.69) is 22.2 Å². The zero-order valence-electron chi connectivity index (χ0n) is 10.8. The molecule has 98 valence electrons. The minimum Gasteiger partial charge on any atom is -0.314 e. The Bertz CT molecular complexity index is 392. The number of fused-ring (bicyclic) bond motifs is 2. The Labute approximate surface area is 108 Å². The molecular weight excluding hydrogens is 229 g/mol. The van der Waals surface area contributed by atoms with Crippen LogP contribution < -0.4 is 5.32 Å². The molecule has 0 aliphatic carbocycles. The van der Waals surface area contributed by atoms with Crippen LogP contribution in [0, 0.1) is 5.82 Å². The van der Waals surface area contributed by atoms with Gasteiger partial charge in [0, 0.05) is 44.8 Å². The van der Waals surface area contributed by atoms with E-state index in [1.54, 1.807) is 12.1 Å². The second-order valence-electron chi connectivity index (χ2n) is 5.49. The molecule has 18 heavy (non-hydrogen) atoms. The smallest absolute Gasteiger partial charge is 0.123 e. The fourth-order valence-corrected chi connectivity index (χ4v) is 3.14. The fourth-order valence-electron chi connectivity index (χ4n) is 3.14. The van der Waals surface area contributed by atoms with E-state index in [4.69, 9.17) is 0 Å². The van der Waals surface area contributed by atoms with Crippen molar-refractivity contribution in [3.8, 4) is 0 Å². The Balaban J connectivity index is 1.73. The molecule has 0 spiro atoms. The van der Waals surface area contributed by atoms with Gasteiger partial charge in [0.1, 0.15) is 5.82 Å². The number of benzene rings is 1. The summed E-state index contributed by atoms with van der Waals surface area (Å²) >= 11 is 0. The molecular formula is C14H20FN3. The van der Waals surface area contributed by atoms with Gasteiger partial charge in [-0.2, -0.15) is 0 Å². The summed E-state index contributed by atoms with van der Waals surface area (Å²) in [6.07, 6.45) is 0. The first-order chi connectivity index (χ1) is 8.72. The van der Waals surface area contributed by atoms with Crippen LogP contribution in [-0.4, -0.2) is 55.1 Å². The molecule has 1 N–H and O–H groups in total. The van der Waals surface area contributed by atoms with Gasteiger partial charge in [-0.05, 0) is 24.7 Å². The fraction of sp³-hybridized carbons (Fsp3) is 0.571. The van der Waals surface area contributed by atoms with Gasteiger partial charge in [-0.3, -0.25) is 4.90 Å². The van der Waals surface area contributed by atoms with Crippen LogP contribution in [0.25, 0.3) is 0 Å². The third-order valence-corrected chi connectivity index (χ3v) is 4.02. The summed E-state index contributed by atoms with van der Waals surface area (Å²) in [5.74, 6) is -0.154. The largest absolute Gasteiger partial charge is 0.314 e. The highest BCUT2D eigenvalue weighted by Gasteiger charge is 2.35. The molecule has 2 aliphatic heterocycles. The van der Waals surface area contributed by atoms with Crippen molar-refractivity contribution < 1.29 is 4.39 Å². The van der Waals surface area contributed by atoms with Gasteiger partial charge in [0.2, 0.25) is 0 Å². The SMILES string of the molecule is CN1CC2CNCC(C1)N2Cc1ccc(F)cc1. The number of nitrogens with one attached hydrogen (secondary N) is 1. The first kappa shape index (κ1) is 12.1. The quantitative estimate of drug-likeness (QED) is 0.840. The summed E-state index contributed by atoms with van der Waals surface area (Å²) in [7, 11) is 2.19. The summed E-state index contributed by atoms with van der Waals surface area (Å²) in [6, 6.07) is 8.06. The third-order valence-electron chi connectivity index (χ3n) is 4.02. The average molecular weight is 249 g/mol. The van der Waals surface area contributed by atoms with E-state index in [1.807, 2.05) is 12.1 Å². The van der Waals surface area contributed by atoms with Crippen LogP contribution in [0.15, 0.2) is 24.3 Å². The van der Waals surface area contributed by atoms with Crippen LogP contribution in [-0.2, 0) is 6.54 Å². The maximum Gasteiger partial charge on any atom is 0.123 e. The van der Waals surface area contributed by atoms with Gasteiger partial charge in [-0.15, -0.1) is 0 Å². The number of piperazine rings is 2. The van der Waals surface area contributed by atoms with Crippen molar-refractivity contribution in [1.29, 1.82) is 0 Å². The summed E-state index contributed by atoms with van der Waals surface area (Å²) in [6.45, 7) is 5.28. The highest BCUT2D eigenvalue weighted by Crippen LogP contribution is 2.20. The molecule has 0 radical (unpaired) electrons. The first-order valence-corrected chi connectivity index (χ1v) is 6.62. The Hall–Kier alpha value is -0.970. The van der Waals surface area contributed by atoms with Crippen molar-refractivity contribution in [3.05, 3.63) is 35.6 Å². The Morgan fingerprint density at radius 1 is 1.17 bits per heavy atom. The Morgan fingerprint density at radius 3 is 2.39 bits per heavy atom. The lowest BCUT2D eigenvalue weighted by Crippen LogP contribution is -2.66. The van der Waals surface area contributed by atoms with Crippen molar-refractivity contribution in [3.63, 3.8) is 0 Å². The van der Waals surface area contributed by atoms with Crippen molar-refractivity contribution in [2.24, 2.45) is 0 Å². The van der Waals surface area contributed by atoms with Crippen molar-refractivity contribution in [1.82, 2.24) is 15.1 Å². The molecule has 2 saturated heterocycles. The lowest BCUT2D eigenvalue weighted by Gasteiger charge is -2.49. The molecule has 1 aromatic rings. The lowest BCUT2D eigenvalue weighted by molar-refractivity contribution is 0.00590. The number of rotatable bonds is 2. The number of hydrogen-bond acceptors (Lipinski definition) is 3. The molecule has 2 fully saturated rings.